The van der Waals surface area contributed by atoms with Crippen LogP contribution >= 0.6 is 32.5 Å². The third-order valence-electron chi connectivity index (χ3n) is 6.47. The number of benzene rings is 1. The van der Waals surface area contributed by atoms with Crippen LogP contribution in [0.1, 0.15) is 50.0 Å². The highest BCUT2D eigenvalue weighted by molar-refractivity contribution is 14.2. The predicted molar refractivity (Wildman–Crippen MR) is 139 cm³/mol. The number of rotatable bonds is 5. The standard InChI is InChI=1S/C24H26F3IN4OS/c25-14-9-18(26)22(19(27)10-14)32-23-17(13-1-3-16(33)4-2-13)11-20-21(30-23)12-28-24(31-20)29-15-5-7-34-8-6-15/h9-13,15-16,33H,1-8H2,(H,29,31)(H,30,32). The average molecular weight is 602 g/mol. The molecule has 2 aromatic rings. The zero-order valence-corrected chi connectivity index (χ0v) is 21.4. The molecule has 3 N–H and O–H groups in total. The Hall–Kier alpha value is -1.50. The van der Waals surface area contributed by atoms with E-state index in [2.05, 4.69) is 14.7 Å². The van der Waals surface area contributed by atoms with E-state index in [4.69, 9.17) is 9.98 Å². The molecule has 2 fully saturated rings. The minimum atomic E-state index is -1.01. The quantitative estimate of drug-likeness (QED) is 0.449. The Morgan fingerprint density at radius 2 is 1.68 bits per heavy atom. The van der Waals surface area contributed by atoms with Gasteiger partial charge in [0.1, 0.15) is 21.1 Å². The minimum absolute atomic E-state index is 0.0777. The highest BCUT2D eigenvalue weighted by Gasteiger charge is 2.25. The largest absolute Gasteiger partial charge is 0.393 e. The van der Waals surface area contributed by atoms with Crippen LogP contribution in [0.15, 0.2) is 23.2 Å². The molecule has 1 saturated heterocycles. The smallest absolute Gasteiger partial charge is 0.152 e. The van der Waals surface area contributed by atoms with E-state index in [0.29, 0.717) is 42.2 Å². The molecule has 0 bridgehead atoms. The van der Waals surface area contributed by atoms with Crippen molar-refractivity contribution in [3.05, 3.63) is 51.9 Å². The fourth-order valence-corrected chi connectivity index (χ4v) is 7.76. The Bertz CT molecular complexity index is 1200. The zero-order chi connectivity index (χ0) is 23.7. The fourth-order valence-electron chi connectivity index (χ4n) is 4.59. The van der Waals surface area contributed by atoms with Gasteiger partial charge in [0.25, 0.3) is 0 Å². The van der Waals surface area contributed by atoms with Crippen molar-refractivity contribution in [1.82, 2.24) is 10.3 Å². The SMILES string of the molecule is OC1CCC(c2cc3c(nc2Nc2c(F)cc(F)cc2F)=CI=C(NC2CCSCC2)N=3)CC1. The molecule has 1 saturated carbocycles. The summed E-state index contributed by atoms with van der Waals surface area (Å²) in [5.41, 5.74) is 0.400. The predicted octanol–water partition coefficient (Wildman–Crippen LogP) is 4.18. The maximum Gasteiger partial charge on any atom is 0.152 e. The topological polar surface area (TPSA) is 69.5 Å². The number of aromatic nitrogens is 1. The summed E-state index contributed by atoms with van der Waals surface area (Å²) in [5.74, 6) is -0.218. The Morgan fingerprint density at radius 1 is 0.971 bits per heavy atom. The number of thioether (sulfide) groups is 1. The first kappa shape index (κ1) is 24.2. The van der Waals surface area contributed by atoms with Crippen LogP contribution in [0.4, 0.5) is 24.7 Å². The summed E-state index contributed by atoms with van der Waals surface area (Å²) in [6.07, 6.45) is 4.75. The second-order valence-corrected chi connectivity index (χ2v) is 12.3. The normalized spacial score (nSPS) is 23.1. The van der Waals surface area contributed by atoms with Crippen molar-refractivity contribution in [3.8, 4) is 0 Å². The van der Waals surface area contributed by atoms with Crippen molar-refractivity contribution in [3.63, 3.8) is 0 Å². The molecule has 34 heavy (non-hydrogen) atoms. The number of hydrogen-bond donors (Lipinski definition) is 3. The fraction of sp³-hybridized carbons (Fsp3) is 0.458. The number of aliphatic hydroxyl groups is 1. The molecule has 5 rings (SSSR count). The third kappa shape index (κ3) is 5.50. The lowest BCUT2D eigenvalue weighted by molar-refractivity contribution is 0.122. The number of nitrogens with one attached hydrogen (secondary N) is 2. The van der Waals surface area contributed by atoms with Crippen molar-refractivity contribution >= 4 is 51.8 Å². The van der Waals surface area contributed by atoms with Crippen molar-refractivity contribution in [2.75, 3.05) is 16.8 Å². The van der Waals surface area contributed by atoms with E-state index < -0.39 is 43.9 Å². The van der Waals surface area contributed by atoms with E-state index in [0.717, 1.165) is 51.9 Å². The van der Waals surface area contributed by atoms with Gasteiger partial charge in [0.2, 0.25) is 0 Å². The maximum atomic E-state index is 14.4. The van der Waals surface area contributed by atoms with Crippen LogP contribution in [0.5, 0.6) is 0 Å². The van der Waals surface area contributed by atoms with Crippen LogP contribution in [0.2, 0.25) is 0 Å². The Kier molecular flexibility index (Phi) is 7.57. The molecule has 0 unspecified atom stereocenters. The van der Waals surface area contributed by atoms with Crippen LogP contribution in [0.25, 0.3) is 4.08 Å². The minimum Gasteiger partial charge on any atom is -0.393 e. The van der Waals surface area contributed by atoms with Crippen molar-refractivity contribution in [1.29, 1.82) is 0 Å². The van der Waals surface area contributed by atoms with E-state index in [1.165, 1.54) is 0 Å². The molecule has 0 spiro atoms. The van der Waals surface area contributed by atoms with E-state index in [9.17, 15) is 18.3 Å². The molecule has 5 nitrogen and oxygen atoms in total. The summed E-state index contributed by atoms with van der Waals surface area (Å²) >= 11 is 1.48. The van der Waals surface area contributed by atoms with Gasteiger partial charge in [0.15, 0.2) is 11.6 Å². The van der Waals surface area contributed by atoms with E-state index in [-0.39, 0.29) is 12.0 Å². The van der Waals surface area contributed by atoms with Crippen LogP contribution in [-0.4, -0.2) is 37.5 Å². The molecule has 3 aliphatic rings. The Balaban J connectivity index is 1.51. The number of halogens is 4. The van der Waals surface area contributed by atoms with Gasteiger partial charge in [-0.2, -0.15) is 11.8 Å². The Labute approximate surface area is 210 Å². The third-order valence-corrected chi connectivity index (χ3v) is 9.56. The molecule has 2 aliphatic heterocycles. The summed E-state index contributed by atoms with van der Waals surface area (Å²) in [6.45, 7) is 0. The first-order chi connectivity index (χ1) is 16.5. The summed E-state index contributed by atoms with van der Waals surface area (Å²) in [5, 5.41) is 17.8. The molecule has 3 heterocycles. The summed E-state index contributed by atoms with van der Waals surface area (Å²) in [7, 11) is 0. The molecular formula is C24H26F3IN4OS. The highest BCUT2D eigenvalue weighted by Crippen LogP contribution is 2.36. The van der Waals surface area contributed by atoms with Crippen LogP contribution < -0.4 is 21.3 Å². The lowest BCUT2D eigenvalue weighted by Crippen LogP contribution is -2.40. The first-order valence-corrected chi connectivity index (χ1v) is 15.0. The highest BCUT2D eigenvalue weighted by atomic mass is 127. The second kappa shape index (κ2) is 10.6. The number of fused-ring (bicyclic) bond motifs is 1. The molecule has 0 atom stereocenters. The maximum absolute atomic E-state index is 14.4. The van der Waals surface area contributed by atoms with Crippen molar-refractivity contribution < 1.29 is 18.3 Å². The van der Waals surface area contributed by atoms with Crippen LogP contribution in [0.3, 0.4) is 0 Å². The van der Waals surface area contributed by atoms with Gasteiger partial charge in [0.05, 0.1) is 16.8 Å². The summed E-state index contributed by atoms with van der Waals surface area (Å²) in [6, 6.07) is 3.73. The monoisotopic (exact) mass is 602 g/mol. The second-order valence-electron chi connectivity index (χ2n) is 8.86. The van der Waals surface area contributed by atoms with Gasteiger partial charge in [-0.15, -0.1) is 0 Å². The molecule has 0 radical (unpaired) electrons. The van der Waals surface area contributed by atoms with Gasteiger partial charge in [-0.05, 0) is 82.7 Å². The summed E-state index contributed by atoms with van der Waals surface area (Å²) < 4.78 is 45.3. The van der Waals surface area contributed by atoms with Crippen molar-refractivity contribution in [2.45, 2.75) is 56.6 Å². The van der Waals surface area contributed by atoms with Crippen LogP contribution in [0, 0.1) is 17.5 Å². The molecule has 1 aromatic carbocycles. The Morgan fingerprint density at radius 3 is 2.38 bits per heavy atom. The molecule has 10 heteroatoms. The van der Waals surface area contributed by atoms with Gasteiger partial charge in [-0.25, -0.2) is 23.1 Å². The van der Waals surface area contributed by atoms with E-state index in [1.54, 1.807) is 0 Å². The average Bonchev–Trinajstić information content (AvgIpc) is 2.82. The van der Waals surface area contributed by atoms with E-state index in [1.807, 2.05) is 17.8 Å². The number of nitrogens with zero attached hydrogens (tertiary/aromatic N) is 2. The molecule has 182 valence electrons. The van der Waals surface area contributed by atoms with Gasteiger partial charge in [-0.1, -0.05) is 0 Å². The van der Waals surface area contributed by atoms with Crippen molar-refractivity contribution in [2.24, 2.45) is 4.99 Å². The van der Waals surface area contributed by atoms with Crippen LogP contribution in [-0.2, 0) is 0 Å². The molecule has 1 aromatic heterocycles. The zero-order valence-electron chi connectivity index (χ0n) is 18.5. The lowest BCUT2D eigenvalue weighted by atomic mass is 9.83. The number of aliphatic hydroxyl groups excluding tert-OH is 1. The van der Waals surface area contributed by atoms with Gasteiger partial charge < -0.3 is 10.4 Å². The molecule has 0 amide bonds. The first-order valence-electron chi connectivity index (χ1n) is 11.5. The molecular weight excluding hydrogens is 576 g/mol. The van der Waals surface area contributed by atoms with E-state index >= 15 is 0 Å². The number of pyridine rings is 1. The number of anilines is 2. The van der Waals surface area contributed by atoms with Gasteiger partial charge in [-0.3, -0.25) is 5.32 Å². The lowest BCUT2D eigenvalue weighted by Gasteiger charge is -2.27. The summed E-state index contributed by atoms with van der Waals surface area (Å²) in [4.78, 5) is 9.61. The van der Waals surface area contributed by atoms with Gasteiger partial charge in [0, 0.05) is 27.8 Å². The number of hydrogen-bond acceptors (Lipinski definition) is 6. The van der Waals surface area contributed by atoms with Gasteiger partial charge >= 0.3 is 0 Å². The molecule has 1 aliphatic carbocycles.